The number of hydrogen-bond acceptors (Lipinski definition) is 4. The van der Waals surface area contributed by atoms with E-state index in [9.17, 15) is 4.79 Å². The highest BCUT2D eigenvalue weighted by molar-refractivity contribution is 9.10. The van der Waals surface area contributed by atoms with Gasteiger partial charge in [-0.3, -0.25) is 9.69 Å². The zero-order chi connectivity index (χ0) is 18.2. The van der Waals surface area contributed by atoms with E-state index >= 15 is 0 Å². The van der Waals surface area contributed by atoms with E-state index < -0.39 is 0 Å². The monoisotopic (exact) mass is 411 g/mol. The first-order valence-electron chi connectivity index (χ1n) is 9.26. The van der Waals surface area contributed by atoms with Crippen molar-refractivity contribution in [1.29, 1.82) is 0 Å². The second-order valence-electron chi connectivity index (χ2n) is 6.94. The first kappa shape index (κ1) is 20.2. The summed E-state index contributed by atoms with van der Waals surface area (Å²) in [5.74, 6) is 2.19. The molecule has 0 amide bonds. The molecule has 2 rings (SSSR count). The summed E-state index contributed by atoms with van der Waals surface area (Å²) >= 11 is 3.51. The van der Waals surface area contributed by atoms with Crippen LogP contribution in [0.3, 0.4) is 0 Å². The van der Waals surface area contributed by atoms with E-state index in [4.69, 9.17) is 9.47 Å². The quantitative estimate of drug-likeness (QED) is 0.592. The number of nitrogens with zero attached hydrogens (tertiary/aromatic N) is 1. The van der Waals surface area contributed by atoms with Gasteiger partial charge in [0.15, 0.2) is 0 Å². The molecule has 1 aliphatic heterocycles. The maximum Gasteiger partial charge on any atom is 0.320 e. The predicted octanol–water partition coefficient (Wildman–Crippen LogP) is 4.44. The van der Waals surface area contributed by atoms with Gasteiger partial charge in [-0.15, -0.1) is 0 Å². The van der Waals surface area contributed by atoms with Gasteiger partial charge in [-0.1, -0.05) is 22.9 Å². The molecule has 1 unspecified atom stereocenters. The topological polar surface area (TPSA) is 38.8 Å². The number of aryl methyl sites for hydroxylation is 1. The van der Waals surface area contributed by atoms with Crippen LogP contribution in [0.1, 0.15) is 38.7 Å². The zero-order valence-corrected chi connectivity index (χ0v) is 17.2. The molecule has 25 heavy (non-hydrogen) atoms. The third kappa shape index (κ3) is 6.63. The molecule has 1 heterocycles. The summed E-state index contributed by atoms with van der Waals surface area (Å²) < 4.78 is 12.1. The van der Waals surface area contributed by atoms with Crippen LogP contribution in [0.2, 0.25) is 0 Å². The minimum Gasteiger partial charge on any atom is -0.494 e. The van der Waals surface area contributed by atoms with Crippen LogP contribution in [0, 0.1) is 18.8 Å². The number of ether oxygens (including phenoxy) is 2. The predicted molar refractivity (Wildman–Crippen MR) is 104 cm³/mol. The summed E-state index contributed by atoms with van der Waals surface area (Å²) in [6, 6.07) is 6.12. The van der Waals surface area contributed by atoms with E-state index in [-0.39, 0.29) is 5.97 Å². The van der Waals surface area contributed by atoms with Crippen LogP contribution < -0.4 is 4.74 Å². The maximum absolute atomic E-state index is 11.6. The number of rotatable bonds is 8. The molecule has 0 bridgehead atoms. The zero-order valence-electron chi connectivity index (χ0n) is 15.6. The van der Waals surface area contributed by atoms with Crippen molar-refractivity contribution in [2.75, 3.05) is 32.8 Å². The van der Waals surface area contributed by atoms with Crippen molar-refractivity contribution in [2.45, 2.75) is 40.0 Å². The van der Waals surface area contributed by atoms with Gasteiger partial charge < -0.3 is 9.47 Å². The summed E-state index contributed by atoms with van der Waals surface area (Å²) in [7, 11) is 0. The van der Waals surface area contributed by atoms with Gasteiger partial charge in [-0.05, 0) is 81.8 Å². The third-order valence-corrected chi connectivity index (χ3v) is 5.96. The van der Waals surface area contributed by atoms with Crippen molar-refractivity contribution >= 4 is 21.9 Å². The number of hydrogen-bond donors (Lipinski definition) is 0. The second kappa shape index (κ2) is 10.2. The van der Waals surface area contributed by atoms with E-state index in [0.29, 0.717) is 25.0 Å². The average Bonchev–Trinajstić information content (AvgIpc) is 2.59. The highest BCUT2D eigenvalue weighted by atomic mass is 79.9. The molecule has 0 radical (unpaired) electrons. The van der Waals surface area contributed by atoms with E-state index in [1.54, 1.807) is 0 Å². The molecule has 0 aromatic heterocycles. The fourth-order valence-corrected chi connectivity index (χ4v) is 3.62. The first-order valence-corrected chi connectivity index (χ1v) is 10.1. The molecule has 0 N–H and O–H groups in total. The molecular weight excluding hydrogens is 382 g/mol. The molecule has 0 aliphatic carbocycles. The highest BCUT2D eigenvalue weighted by Gasteiger charge is 2.25. The van der Waals surface area contributed by atoms with Gasteiger partial charge in [0.1, 0.15) is 5.75 Å². The minimum atomic E-state index is -0.104. The minimum absolute atomic E-state index is 0.104. The molecule has 4 nitrogen and oxygen atoms in total. The lowest BCUT2D eigenvalue weighted by atomic mass is 9.84. The molecule has 1 aromatic rings. The number of carbonyl (C=O) groups is 1. The van der Waals surface area contributed by atoms with Crippen LogP contribution in [-0.4, -0.2) is 43.7 Å². The van der Waals surface area contributed by atoms with Crippen LogP contribution in [0.25, 0.3) is 0 Å². The molecule has 1 aromatic carbocycles. The van der Waals surface area contributed by atoms with Gasteiger partial charge in [0, 0.05) is 4.47 Å². The molecule has 0 spiro atoms. The lowest BCUT2D eigenvalue weighted by molar-refractivity contribution is -0.144. The number of likely N-dealkylation sites (tertiary alicyclic amines) is 1. The summed E-state index contributed by atoms with van der Waals surface area (Å²) in [5, 5.41) is 0. The molecule has 0 saturated carbocycles. The largest absolute Gasteiger partial charge is 0.494 e. The van der Waals surface area contributed by atoms with Crippen molar-refractivity contribution in [2.24, 2.45) is 11.8 Å². The maximum atomic E-state index is 11.6. The van der Waals surface area contributed by atoms with Crippen LogP contribution in [0.4, 0.5) is 0 Å². The molecular formula is C20H30BrNO3. The Labute approximate surface area is 160 Å². The van der Waals surface area contributed by atoms with Crippen molar-refractivity contribution in [1.82, 2.24) is 4.90 Å². The number of benzene rings is 1. The summed E-state index contributed by atoms with van der Waals surface area (Å²) in [6.45, 7) is 9.87. The number of piperidine rings is 1. The average molecular weight is 412 g/mol. The lowest BCUT2D eigenvalue weighted by Crippen LogP contribution is -2.39. The summed E-state index contributed by atoms with van der Waals surface area (Å²) in [5.41, 5.74) is 1.19. The Morgan fingerprint density at radius 3 is 2.72 bits per heavy atom. The second-order valence-corrected chi connectivity index (χ2v) is 7.80. The van der Waals surface area contributed by atoms with Crippen LogP contribution in [-0.2, 0) is 9.53 Å². The van der Waals surface area contributed by atoms with E-state index in [0.717, 1.165) is 49.2 Å². The smallest absolute Gasteiger partial charge is 0.320 e. The van der Waals surface area contributed by atoms with Crippen molar-refractivity contribution in [3.05, 3.63) is 28.2 Å². The van der Waals surface area contributed by atoms with Gasteiger partial charge in [-0.25, -0.2) is 0 Å². The molecule has 1 fully saturated rings. The third-order valence-electron chi connectivity index (χ3n) is 5.07. The normalized spacial score (nSPS) is 17.3. The first-order chi connectivity index (χ1) is 12.0. The van der Waals surface area contributed by atoms with Crippen LogP contribution in [0.5, 0.6) is 5.75 Å². The van der Waals surface area contributed by atoms with E-state index in [1.807, 2.05) is 19.1 Å². The Morgan fingerprint density at radius 1 is 1.36 bits per heavy atom. The van der Waals surface area contributed by atoms with Crippen molar-refractivity contribution in [3.8, 4) is 5.75 Å². The van der Waals surface area contributed by atoms with Crippen molar-refractivity contribution < 1.29 is 14.3 Å². The highest BCUT2D eigenvalue weighted by Crippen LogP contribution is 2.28. The fraction of sp³-hybridized carbons (Fsp3) is 0.650. The summed E-state index contributed by atoms with van der Waals surface area (Å²) in [4.78, 5) is 13.8. The van der Waals surface area contributed by atoms with Crippen molar-refractivity contribution in [3.63, 3.8) is 0 Å². The standard InChI is InChI=1S/C20H30BrNO3/c1-4-24-20(23)14-22-10-7-17(8-11-22)15(2)9-12-25-18-5-6-19(21)16(3)13-18/h5-6,13,15,17H,4,7-12,14H2,1-3H3. The molecule has 5 heteroatoms. The Kier molecular flexibility index (Phi) is 8.24. The Balaban J connectivity index is 1.67. The Hall–Kier alpha value is -1.07. The summed E-state index contributed by atoms with van der Waals surface area (Å²) in [6.07, 6.45) is 3.37. The number of halogens is 1. The van der Waals surface area contributed by atoms with E-state index in [2.05, 4.69) is 40.7 Å². The molecule has 1 aliphatic rings. The van der Waals surface area contributed by atoms with E-state index in [1.165, 1.54) is 5.56 Å². The van der Waals surface area contributed by atoms with Gasteiger partial charge in [0.05, 0.1) is 19.8 Å². The van der Waals surface area contributed by atoms with Gasteiger partial charge in [0.2, 0.25) is 0 Å². The fourth-order valence-electron chi connectivity index (χ4n) is 3.37. The molecule has 140 valence electrons. The SMILES string of the molecule is CCOC(=O)CN1CCC(C(C)CCOc2ccc(Br)c(C)c2)CC1. The molecule has 1 atom stereocenters. The molecule has 1 saturated heterocycles. The van der Waals surface area contributed by atoms with Gasteiger partial charge in [-0.2, -0.15) is 0 Å². The Morgan fingerprint density at radius 2 is 2.08 bits per heavy atom. The number of carbonyl (C=O) groups excluding carboxylic acids is 1. The van der Waals surface area contributed by atoms with Gasteiger partial charge in [0.25, 0.3) is 0 Å². The van der Waals surface area contributed by atoms with Crippen LogP contribution in [0.15, 0.2) is 22.7 Å². The Bertz CT molecular complexity index is 556. The lowest BCUT2D eigenvalue weighted by Gasteiger charge is -2.34. The van der Waals surface area contributed by atoms with Crippen LogP contribution >= 0.6 is 15.9 Å². The number of esters is 1. The van der Waals surface area contributed by atoms with Gasteiger partial charge >= 0.3 is 5.97 Å².